The van der Waals surface area contributed by atoms with Gasteiger partial charge in [0, 0.05) is 0 Å². The zero-order valence-corrected chi connectivity index (χ0v) is 13.8. The minimum absolute atomic E-state index is 0.0702. The second-order valence-electron chi connectivity index (χ2n) is 5.62. The quantitative estimate of drug-likeness (QED) is 0.814. The van der Waals surface area contributed by atoms with Gasteiger partial charge in [0.2, 0.25) is 5.91 Å². The minimum atomic E-state index is -1.22. The SMILES string of the molecule is CCSC(C(=O)NCC(C)(O)c1ccc(F)cc1)C(C)C. The van der Waals surface area contributed by atoms with E-state index in [4.69, 9.17) is 0 Å². The molecule has 1 rings (SSSR count). The van der Waals surface area contributed by atoms with Crippen molar-refractivity contribution in [1.29, 1.82) is 0 Å². The van der Waals surface area contributed by atoms with Crippen molar-refractivity contribution in [3.63, 3.8) is 0 Å². The van der Waals surface area contributed by atoms with E-state index >= 15 is 0 Å². The Balaban J connectivity index is 2.67. The van der Waals surface area contributed by atoms with E-state index in [0.717, 1.165) is 5.75 Å². The molecule has 1 amide bonds. The molecule has 118 valence electrons. The van der Waals surface area contributed by atoms with Gasteiger partial charge in [0.25, 0.3) is 0 Å². The van der Waals surface area contributed by atoms with Crippen molar-refractivity contribution in [3.05, 3.63) is 35.6 Å². The summed E-state index contributed by atoms with van der Waals surface area (Å²) in [6, 6.07) is 5.66. The number of nitrogens with one attached hydrogen (secondary N) is 1. The highest BCUT2D eigenvalue weighted by molar-refractivity contribution is 8.00. The van der Waals surface area contributed by atoms with Crippen LogP contribution in [0.1, 0.15) is 33.3 Å². The molecule has 0 saturated heterocycles. The number of benzene rings is 1. The summed E-state index contributed by atoms with van der Waals surface area (Å²) in [6.07, 6.45) is 0. The Labute approximate surface area is 130 Å². The van der Waals surface area contributed by atoms with Gasteiger partial charge in [-0.3, -0.25) is 4.79 Å². The van der Waals surface area contributed by atoms with Crippen molar-refractivity contribution in [2.75, 3.05) is 12.3 Å². The Morgan fingerprint density at radius 3 is 2.43 bits per heavy atom. The summed E-state index contributed by atoms with van der Waals surface area (Å²) in [5, 5.41) is 13.1. The van der Waals surface area contributed by atoms with Crippen molar-refractivity contribution in [2.24, 2.45) is 5.92 Å². The van der Waals surface area contributed by atoms with Gasteiger partial charge in [0.1, 0.15) is 11.4 Å². The molecule has 2 unspecified atom stereocenters. The summed E-state index contributed by atoms with van der Waals surface area (Å²) in [5.41, 5.74) is -0.643. The van der Waals surface area contributed by atoms with E-state index in [-0.39, 0.29) is 29.4 Å². The van der Waals surface area contributed by atoms with E-state index in [0.29, 0.717) is 5.56 Å². The van der Waals surface area contributed by atoms with Gasteiger partial charge in [-0.15, -0.1) is 11.8 Å². The number of carbonyl (C=O) groups excluding carboxylic acids is 1. The Hall–Kier alpha value is -1.07. The van der Waals surface area contributed by atoms with Crippen molar-refractivity contribution in [3.8, 4) is 0 Å². The Morgan fingerprint density at radius 2 is 1.95 bits per heavy atom. The van der Waals surface area contributed by atoms with Gasteiger partial charge in [-0.25, -0.2) is 4.39 Å². The van der Waals surface area contributed by atoms with Crippen LogP contribution in [0, 0.1) is 11.7 Å². The molecular formula is C16H24FNO2S. The number of rotatable bonds is 7. The monoisotopic (exact) mass is 313 g/mol. The lowest BCUT2D eigenvalue weighted by Gasteiger charge is -2.26. The average Bonchev–Trinajstić information content (AvgIpc) is 2.42. The summed E-state index contributed by atoms with van der Waals surface area (Å²) >= 11 is 1.60. The first-order valence-electron chi connectivity index (χ1n) is 7.15. The van der Waals surface area contributed by atoms with Crippen molar-refractivity contribution in [1.82, 2.24) is 5.32 Å². The molecule has 1 aromatic carbocycles. The number of aliphatic hydroxyl groups is 1. The van der Waals surface area contributed by atoms with Crippen LogP contribution in [0.15, 0.2) is 24.3 Å². The van der Waals surface area contributed by atoms with Gasteiger partial charge in [-0.2, -0.15) is 0 Å². The normalized spacial score (nSPS) is 15.6. The fraction of sp³-hybridized carbons (Fsp3) is 0.562. The smallest absolute Gasteiger partial charge is 0.233 e. The molecule has 0 aromatic heterocycles. The van der Waals surface area contributed by atoms with Crippen LogP contribution in [0.2, 0.25) is 0 Å². The van der Waals surface area contributed by atoms with E-state index in [1.54, 1.807) is 18.7 Å². The van der Waals surface area contributed by atoms with Crippen LogP contribution < -0.4 is 5.32 Å². The molecule has 1 aromatic rings. The number of carbonyl (C=O) groups is 1. The molecule has 0 aliphatic carbocycles. The van der Waals surface area contributed by atoms with Crippen LogP contribution >= 0.6 is 11.8 Å². The predicted molar refractivity (Wildman–Crippen MR) is 85.7 cm³/mol. The zero-order chi connectivity index (χ0) is 16.0. The number of amides is 1. The Kier molecular flexibility index (Phi) is 6.68. The summed E-state index contributed by atoms with van der Waals surface area (Å²) in [4.78, 5) is 12.2. The largest absolute Gasteiger partial charge is 0.384 e. The lowest BCUT2D eigenvalue weighted by atomic mass is 9.96. The average molecular weight is 313 g/mol. The molecule has 2 N–H and O–H groups in total. The van der Waals surface area contributed by atoms with Gasteiger partial charge in [0.15, 0.2) is 0 Å². The molecule has 2 atom stereocenters. The van der Waals surface area contributed by atoms with Gasteiger partial charge < -0.3 is 10.4 Å². The van der Waals surface area contributed by atoms with Crippen LogP contribution in [0.4, 0.5) is 4.39 Å². The number of hydrogen-bond acceptors (Lipinski definition) is 3. The lowest BCUT2D eigenvalue weighted by molar-refractivity contribution is -0.122. The van der Waals surface area contributed by atoms with Crippen LogP contribution in [-0.2, 0) is 10.4 Å². The number of thioether (sulfide) groups is 1. The molecular weight excluding hydrogens is 289 g/mol. The van der Waals surface area contributed by atoms with E-state index in [9.17, 15) is 14.3 Å². The third-order valence-corrected chi connectivity index (χ3v) is 4.73. The summed E-state index contributed by atoms with van der Waals surface area (Å²) in [6.45, 7) is 7.74. The van der Waals surface area contributed by atoms with Gasteiger partial charge in [0.05, 0.1) is 11.8 Å². The third-order valence-electron chi connectivity index (χ3n) is 3.28. The number of halogens is 1. The number of hydrogen-bond donors (Lipinski definition) is 2. The molecule has 0 bridgehead atoms. The van der Waals surface area contributed by atoms with E-state index < -0.39 is 5.60 Å². The molecule has 0 fully saturated rings. The fourth-order valence-electron chi connectivity index (χ4n) is 2.02. The first-order valence-corrected chi connectivity index (χ1v) is 8.20. The predicted octanol–water partition coefficient (Wildman–Crippen LogP) is 2.93. The summed E-state index contributed by atoms with van der Waals surface area (Å²) in [5.74, 6) is 0.674. The fourth-order valence-corrected chi connectivity index (χ4v) is 3.00. The van der Waals surface area contributed by atoms with Gasteiger partial charge in [-0.1, -0.05) is 32.9 Å². The molecule has 0 aliphatic rings. The first kappa shape index (κ1) is 18.0. The highest BCUT2D eigenvalue weighted by Gasteiger charge is 2.27. The molecule has 0 aliphatic heterocycles. The second kappa shape index (κ2) is 7.80. The standard InChI is InChI=1S/C16H24FNO2S/c1-5-21-14(11(2)3)15(19)18-10-16(4,20)12-6-8-13(17)9-7-12/h6-9,11,14,20H,5,10H2,1-4H3,(H,18,19). The summed E-state index contributed by atoms with van der Waals surface area (Å²) < 4.78 is 12.9. The van der Waals surface area contributed by atoms with Crippen LogP contribution in [0.25, 0.3) is 0 Å². The maximum atomic E-state index is 12.9. The minimum Gasteiger partial charge on any atom is -0.384 e. The van der Waals surface area contributed by atoms with E-state index in [1.807, 2.05) is 20.8 Å². The van der Waals surface area contributed by atoms with Crippen LogP contribution in [0.5, 0.6) is 0 Å². The van der Waals surface area contributed by atoms with E-state index in [2.05, 4.69) is 5.32 Å². The maximum Gasteiger partial charge on any atom is 0.233 e. The van der Waals surface area contributed by atoms with Crippen molar-refractivity contribution in [2.45, 2.75) is 38.5 Å². The first-order chi connectivity index (χ1) is 9.77. The molecule has 3 nitrogen and oxygen atoms in total. The van der Waals surface area contributed by atoms with Crippen molar-refractivity contribution < 1.29 is 14.3 Å². The molecule has 0 radical (unpaired) electrons. The van der Waals surface area contributed by atoms with E-state index in [1.165, 1.54) is 24.3 Å². The van der Waals surface area contributed by atoms with Gasteiger partial charge in [-0.05, 0) is 36.3 Å². The van der Waals surface area contributed by atoms with Crippen LogP contribution in [0.3, 0.4) is 0 Å². The molecule has 0 heterocycles. The second-order valence-corrected chi connectivity index (χ2v) is 7.04. The highest BCUT2D eigenvalue weighted by atomic mass is 32.2. The summed E-state index contributed by atoms with van der Waals surface area (Å²) in [7, 11) is 0. The highest BCUT2D eigenvalue weighted by Crippen LogP contribution is 2.22. The Bertz CT molecular complexity index is 460. The van der Waals surface area contributed by atoms with Gasteiger partial charge >= 0.3 is 0 Å². The molecule has 0 spiro atoms. The lowest BCUT2D eigenvalue weighted by Crippen LogP contribution is -2.43. The maximum absolute atomic E-state index is 12.9. The van der Waals surface area contributed by atoms with Crippen LogP contribution in [-0.4, -0.2) is 28.6 Å². The third kappa shape index (κ3) is 5.32. The molecule has 21 heavy (non-hydrogen) atoms. The Morgan fingerprint density at radius 1 is 1.38 bits per heavy atom. The topological polar surface area (TPSA) is 49.3 Å². The zero-order valence-electron chi connectivity index (χ0n) is 13.0. The van der Waals surface area contributed by atoms with Crippen molar-refractivity contribution >= 4 is 17.7 Å². The molecule has 0 saturated carbocycles. The molecule has 5 heteroatoms.